The first-order valence-corrected chi connectivity index (χ1v) is 5.27. The molecule has 0 unspecified atom stereocenters. The maximum atomic E-state index is 10.5. The Morgan fingerprint density at radius 3 is 3.07 bits per heavy atom. The lowest BCUT2D eigenvalue weighted by Gasteiger charge is -1.88. The van der Waals surface area contributed by atoms with E-state index in [1.165, 1.54) is 17.6 Å². The summed E-state index contributed by atoms with van der Waals surface area (Å²) in [7, 11) is 0. The van der Waals surface area contributed by atoms with Crippen LogP contribution in [-0.4, -0.2) is 16.1 Å². The van der Waals surface area contributed by atoms with Crippen molar-refractivity contribution in [3.05, 3.63) is 28.4 Å². The molecular weight excluding hydrogens is 238 g/mol. The molecule has 2 aromatic rings. The quantitative estimate of drug-likeness (QED) is 0.900. The van der Waals surface area contributed by atoms with Crippen LogP contribution in [0.2, 0.25) is 5.15 Å². The number of rotatable bonds is 3. The number of halogens is 1. The molecule has 2 aromatic heterocycles. The molecule has 6 heteroatoms. The van der Waals surface area contributed by atoms with Gasteiger partial charge >= 0.3 is 5.97 Å². The normalized spacial score (nSPS) is 10.5. The molecule has 0 aromatic carbocycles. The minimum atomic E-state index is -0.924. The Hall–Kier alpha value is -1.33. The third-order valence-corrected chi connectivity index (χ3v) is 3.19. The molecule has 0 fully saturated rings. The molecule has 78 valence electrons. The summed E-state index contributed by atoms with van der Waals surface area (Å²) in [5.41, 5.74) is 0. The van der Waals surface area contributed by atoms with E-state index in [-0.39, 0.29) is 11.6 Å². The van der Waals surface area contributed by atoms with Gasteiger partial charge in [-0.05, 0) is 12.1 Å². The highest BCUT2D eigenvalue weighted by Crippen LogP contribution is 2.31. The second-order valence-electron chi connectivity index (χ2n) is 2.78. The maximum absolute atomic E-state index is 10.5. The van der Waals surface area contributed by atoms with Crippen LogP contribution in [0.4, 0.5) is 0 Å². The summed E-state index contributed by atoms with van der Waals surface area (Å²) in [6.45, 7) is 0. The number of thiazole rings is 1. The number of hydrogen-bond acceptors (Lipinski definition) is 4. The van der Waals surface area contributed by atoms with Crippen molar-refractivity contribution in [3.8, 4) is 10.8 Å². The van der Waals surface area contributed by atoms with Crippen molar-refractivity contribution in [1.29, 1.82) is 0 Å². The zero-order chi connectivity index (χ0) is 10.8. The Morgan fingerprint density at radius 2 is 2.47 bits per heavy atom. The summed E-state index contributed by atoms with van der Waals surface area (Å²) in [6, 6.07) is 3.49. The van der Waals surface area contributed by atoms with Crippen molar-refractivity contribution in [3.63, 3.8) is 0 Å². The second-order valence-corrected chi connectivity index (χ2v) is 4.22. The predicted octanol–water partition coefficient (Wildman–Crippen LogP) is 2.68. The predicted molar refractivity (Wildman–Crippen MR) is 56.2 cm³/mol. The van der Waals surface area contributed by atoms with Crippen LogP contribution < -0.4 is 0 Å². The van der Waals surface area contributed by atoms with E-state index in [0.717, 1.165) is 0 Å². The molecule has 4 nitrogen and oxygen atoms in total. The van der Waals surface area contributed by atoms with Crippen LogP contribution in [0.15, 0.2) is 22.8 Å². The first-order chi connectivity index (χ1) is 7.16. The molecule has 15 heavy (non-hydrogen) atoms. The highest BCUT2D eigenvalue weighted by Gasteiger charge is 2.14. The number of carboxylic acid groups (broad SMARTS) is 1. The average Bonchev–Trinajstić information content (AvgIpc) is 2.75. The van der Waals surface area contributed by atoms with E-state index in [4.69, 9.17) is 21.1 Å². The molecule has 0 saturated heterocycles. The van der Waals surface area contributed by atoms with E-state index in [1.54, 1.807) is 12.1 Å². The van der Waals surface area contributed by atoms with Gasteiger partial charge in [0.2, 0.25) is 0 Å². The van der Waals surface area contributed by atoms with Crippen LogP contribution in [0.3, 0.4) is 0 Å². The van der Waals surface area contributed by atoms with E-state index < -0.39 is 5.97 Å². The third kappa shape index (κ3) is 2.19. The van der Waals surface area contributed by atoms with Crippen molar-refractivity contribution in [2.24, 2.45) is 0 Å². The molecular formula is C9H6ClNO3S. The number of furan rings is 1. The monoisotopic (exact) mass is 243 g/mol. The minimum Gasteiger partial charge on any atom is -0.481 e. The van der Waals surface area contributed by atoms with E-state index in [0.29, 0.717) is 15.6 Å². The minimum absolute atomic E-state index is 0.114. The fraction of sp³-hybridized carbons (Fsp3) is 0.111. The van der Waals surface area contributed by atoms with Crippen molar-refractivity contribution in [2.45, 2.75) is 6.42 Å². The van der Waals surface area contributed by atoms with E-state index in [9.17, 15) is 4.79 Å². The molecule has 1 N–H and O–H groups in total. The summed E-state index contributed by atoms with van der Waals surface area (Å²) < 4.78 is 5.13. The van der Waals surface area contributed by atoms with Gasteiger partial charge in [0.25, 0.3) is 0 Å². The fourth-order valence-corrected chi connectivity index (χ4v) is 2.31. The summed E-state index contributed by atoms with van der Waals surface area (Å²) in [4.78, 5) is 15.1. The van der Waals surface area contributed by atoms with Gasteiger partial charge in [-0.25, -0.2) is 4.98 Å². The molecule has 0 amide bonds. The zero-order valence-electron chi connectivity index (χ0n) is 7.44. The highest BCUT2D eigenvalue weighted by molar-refractivity contribution is 7.15. The molecule has 0 aliphatic heterocycles. The van der Waals surface area contributed by atoms with Gasteiger partial charge in [-0.1, -0.05) is 11.6 Å². The second kappa shape index (κ2) is 4.04. The van der Waals surface area contributed by atoms with Gasteiger partial charge in [0.15, 0.2) is 10.8 Å². The van der Waals surface area contributed by atoms with Crippen LogP contribution in [0, 0.1) is 0 Å². The summed E-state index contributed by atoms with van der Waals surface area (Å²) in [5, 5.41) is 9.46. The van der Waals surface area contributed by atoms with Gasteiger partial charge in [0.1, 0.15) is 5.15 Å². The lowest BCUT2D eigenvalue weighted by atomic mass is 10.4. The average molecular weight is 244 g/mol. The van der Waals surface area contributed by atoms with Crippen molar-refractivity contribution >= 4 is 28.9 Å². The number of nitrogens with zero attached hydrogens (tertiary/aromatic N) is 1. The Labute approximate surface area is 94.1 Å². The topological polar surface area (TPSA) is 63.3 Å². The van der Waals surface area contributed by atoms with Crippen LogP contribution in [0.1, 0.15) is 4.88 Å². The Bertz CT molecular complexity index is 478. The number of aliphatic carboxylic acids is 1. The first-order valence-electron chi connectivity index (χ1n) is 4.07. The SMILES string of the molecule is O=C(O)Cc1sc(-c2ccco2)nc1Cl. The van der Waals surface area contributed by atoms with E-state index in [2.05, 4.69) is 4.98 Å². The van der Waals surface area contributed by atoms with Gasteiger partial charge < -0.3 is 9.52 Å². The molecule has 2 rings (SSSR count). The number of hydrogen-bond donors (Lipinski definition) is 1. The standard InChI is InChI=1S/C9H6ClNO3S/c10-8-6(4-7(12)13)15-9(11-8)5-2-1-3-14-5/h1-3H,4H2,(H,12,13). The molecule has 0 saturated carbocycles. The van der Waals surface area contributed by atoms with Crippen molar-refractivity contribution in [1.82, 2.24) is 4.98 Å². The van der Waals surface area contributed by atoms with Crippen LogP contribution in [-0.2, 0) is 11.2 Å². The van der Waals surface area contributed by atoms with E-state index >= 15 is 0 Å². The van der Waals surface area contributed by atoms with Crippen LogP contribution in [0.25, 0.3) is 10.8 Å². The molecule has 0 aliphatic carbocycles. The lowest BCUT2D eigenvalue weighted by Crippen LogP contribution is -1.97. The molecule has 0 atom stereocenters. The molecule has 0 radical (unpaired) electrons. The van der Waals surface area contributed by atoms with Gasteiger partial charge in [-0.2, -0.15) is 0 Å². The molecule has 0 bridgehead atoms. The van der Waals surface area contributed by atoms with Crippen molar-refractivity contribution in [2.75, 3.05) is 0 Å². The number of carboxylic acids is 1. The summed E-state index contributed by atoms with van der Waals surface area (Å²) in [5.74, 6) is -0.329. The fourth-order valence-electron chi connectivity index (χ4n) is 1.09. The number of aromatic nitrogens is 1. The smallest absolute Gasteiger partial charge is 0.308 e. The highest BCUT2D eigenvalue weighted by atomic mass is 35.5. The van der Waals surface area contributed by atoms with Gasteiger partial charge in [-0.3, -0.25) is 4.79 Å². The summed E-state index contributed by atoms with van der Waals surface area (Å²) in [6.07, 6.45) is 1.42. The first kappa shape index (κ1) is 10.2. The molecule has 0 aliphatic rings. The van der Waals surface area contributed by atoms with Gasteiger partial charge in [0.05, 0.1) is 17.6 Å². The Morgan fingerprint density at radius 1 is 1.67 bits per heavy atom. The Kier molecular flexibility index (Phi) is 2.75. The molecule has 0 spiro atoms. The zero-order valence-corrected chi connectivity index (χ0v) is 9.01. The Balaban J connectivity index is 2.33. The molecule has 2 heterocycles. The van der Waals surface area contributed by atoms with Crippen LogP contribution in [0.5, 0.6) is 0 Å². The van der Waals surface area contributed by atoms with E-state index in [1.807, 2.05) is 0 Å². The largest absolute Gasteiger partial charge is 0.481 e. The van der Waals surface area contributed by atoms with Gasteiger partial charge in [0, 0.05) is 0 Å². The third-order valence-electron chi connectivity index (χ3n) is 1.69. The van der Waals surface area contributed by atoms with Crippen LogP contribution >= 0.6 is 22.9 Å². The maximum Gasteiger partial charge on any atom is 0.308 e. The van der Waals surface area contributed by atoms with Gasteiger partial charge in [-0.15, -0.1) is 11.3 Å². The summed E-state index contributed by atoms with van der Waals surface area (Å²) >= 11 is 7.03. The van der Waals surface area contributed by atoms with Crippen molar-refractivity contribution < 1.29 is 14.3 Å². The number of carbonyl (C=O) groups is 1. The lowest BCUT2D eigenvalue weighted by molar-refractivity contribution is -0.136.